The average Bonchev–Trinajstić information content (AvgIpc) is 3.03. The molecule has 1 amide bonds. The minimum absolute atomic E-state index is 0.0326. The fourth-order valence-corrected chi connectivity index (χ4v) is 3.02. The average molecular weight is 398 g/mol. The molecule has 0 radical (unpaired) electrons. The first-order chi connectivity index (χ1) is 12.1. The number of carbonyl (C=O) groups excluding carboxylic acids is 2. The molecule has 0 unspecified atom stereocenters. The number of H-pyrrole nitrogens is 1. The van der Waals surface area contributed by atoms with Crippen LogP contribution in [0.5, 0.6) is 0 Å². The Hall–Kier alpha value is -2.73. The minimum atomic E-state index is -0.331. The van der Waals surface area contributed by atoms with Gasteiger partial charge in [-0.25, -0.2) is 0 Å². The molecule has 0 aliphatic heterocycles. The number of anilines is 1. The number of hydrogen-bond acceptors (Lipinski definition) is 3. The van der Waals surface area contributed by atoms with Crippen LogP contribution in [0.1, 0.15) is 34.2 Å². The second kappa shape index (κ2) is 7.44. The monoisotopic (exact) mass is 397 g/mol. The number of nitrogens with one attached hydrogen (secondary N) is 2. The van der Waals surface area contributed by atoms with Gasteiger partial charge in [-0.05, 0) is 28.1 Å². The van der Waals surface area contributed by atoms with Gasteiger partial charge in [-0.1, -0.05) is 49.4 Å². The highest BCUT2D eigenvalue weighted by atomic mass is 79.9. The highest BCUT2D eigenvalue weighted by Gasteiger charge is 2.18. The summed E-state index contributed by atoms with van der Waals surface area (Å²) in [5.41, 5.74) is 3.04. The van der Waals surface area contributed by atoms with Crippen LogP contribution in [0.2, 0.25) is 0 Å². The molecular formula is C19H16BrN3O2. The molecule has 3 rings (SSSR count). The topological polar surface area (TPSA) is 74.8 Å². The van der Waals surface area contributed by atoms with Gasteiger partial charge in [-0.2, -0.15) is 5.10 Å². The van der Waals surface area contributed by atoms with Crippen LogP contribution in [0.4, 0.5) is 5.69 Å². The van der Waals surface area contributed by atoms with Gasteiger partial charge >= 0.3 is 0 Å². The van der Waals surface area contributed by atoms with E-state index < -0.39 is 0 Å². The van der Waals surface area contributed by atoms with E-state index in [0.717, 1.165) is 5.56 Å². The molecule has 0 fully saturated rings. The number of hydrogen-bond donors (Lipinski definition) is 2. The van der Waals surface area contributed by atoms with Crippen LogP contribution in [0.25, 0.3) is 11.3 Å². The van der Waals surface area contributed by atoms with E-state index in [9.17, 15) is 9.59 Å². The molecule has 0 saturated heterocycles. The normalized spacial score (nSPS) is 10.5. The second-order valence-electron chi connectivity index (χ2n) is 5.44. The van der Waals surface area contributed by atoms with Crippen molar-refractivity contribution in [1.29, 1.82) is 0 Å². The molecule has 25 heavy (non-hydrogen) atoms. The Balaban J connectivity index is 1.83. The van der Waals surface area contributed by atoms with Crippen LogP contribution in [-0.4, -0.2) is 21.9 Å². The number of aromatic nitrogens is 2. The molecule has 0 atom stereocenters. The number of amides is 1. The van der Waals surface area contributed by atoms with Crippen molar-refractivity contribution in [3.63, 3.8) is 0 Å². The van der Waals surface area contributed by atoms with E-state index in [1.54, 1.807) is 31.2 Å². The van der Waals surface area contributed by atoms with E-state index in [4.69, 9.17) is 0 Å². The molecule has 1 aromatic heterocycles. The first kappa shape index (κ1) is 17.1. The van der Waals surface area contributed by atoms with Gasteiger partial charge in [0.25, 0.3) is 5.91 Å². The third kappa shape index (κ3) is 3.69. The molecule has 2 aromatic carbocycles. The fourth-order valence-electron chi connectivity index (χ4n) is 2.43. The molecule has 126 valence electrons. The van der Waals surface area contributed by atoms with Crippen LogP contribution < -0.4 is 5.32 Å². The summed E-state index contributed by atoms with van der Waals surface area (Å²) in [6.45, 7) is 1.81. The third-order valence-electron chi connectivity index (χ3n) is 3.74. The van der Waals surface area contributed by atoms with E-state index in [2.05, 4.69) is 31.4 Å². The molecule has 5 nitrogen and oxygen atoms in total. The lowest BCUT2D eigenvalue weighted by atomic mass is 10.1. The maximum Gasteiger partial charge on any atom is 0.274 e. The number of Topliss-reactive ketones (excluding diaryl/α,β-unsaturated/α-hetero) is 1. The van der Waals surface area contributed by atoms with Crippen LogP contribution in [-0.2, 0) is 0 Å². The quantitative estimate of drug-likeness (QED) is 0.613. The Bertz CT molecular complexity index is 919. The Labute approximate surface area is 153 Å². The zero-order chi connectivity index (χ0) is 17.8. The molecule has 0 spiro atoms. The Morgan fingerprint density at radius 1 is 1.12 bits per heavy atom. The van der Waals surface area contributed by atoms with Gasteiger partial charge in [0, 0.05) is 23.2 Å². The predicted molar refractivity (Wildman–Crippen MR) is 101 cm³/mol. The molecule has 0 bridgehead atoms. The zero-order valence-electron chi connectivity index (χ0n) is 13.5. The van der Waals surface area contributed by atoms with Crippen LogP contribution in [0.15, 0.2) is 59.1 Å². The summed E-state index contributed by atoms with van der Waals surface area (Å²) < 4.78 is 0.594. The first-order valence-corrected chi connectivity index (χ1v) is 8.63. The SMILES string of the molecule is CCC(=O)c1cccc(NC(=O)c2[nH]nc(-c3ccccc3)c2Br)c1. The smallest absolute Gasteiger partial charge is 0.274 e. The van der Waals surface area contributed by atoms with Crippen molar-refractivity contribution in [2.45, 2.75) is 13.3 Å². The molecule has 3 aromatic rings. The Morgan fingerprint density at radius 3 is 2.60 bits per heavy atom. The van der Waals surface area contributed by atoms with Gasteiger partial charge < -0.3 is 5.32 Å². The van der Waals surface area contributed by atoms with Gasteiger partial charge in [-0.15, -0.1) is 0 Å². The predicted octanol–water partition coefficient (Wildman–Crippen LogP) is 4.68. The molecule has 6 heteroatoms. The molecular weight excluding hydrogens is 382 g/mol. The van der Waals surface area contributed by atoms with Crippen molar-refractivity contribution in [2.24, 2.45) is 0 Å². The maximum atomic E-state index is 12.5. The number of nitrogens with zero attached hydrogens (tertiary/aromatic N) is 1. The van der Waals surface area contributed by atoms with Gasteiger partial charge in [0.2, 0.25) is 0 Å². The number of halogens is 1. The molecule has 0 saturated carbocycles. The largest absolute Gasteiger partial charge is 0.321 e. The second-order valence-corrected chi connectivity index (χ2v) is 6.23. The summed E-state index contributed by atoms with van der Waals surface area (Å²) in [4.78, 5) is 24.3. The van der Waals surface area contributed by atoms with Crippen LogP contribution in [0.3, 0.4) is 0 Å². The van der Waals surface area contributed by atoms with Crippen LogP contribution >= 0.6 is 15.9 Å². The van der Waals surface area contributed by atoms with Crippen LogP contribution in [0, 0.1) is 0 Å². The van der Waals surface area contributed by atoms with E-state index >= 15 is 0 Å². The van der Waals surface area contributed by atoms with Gasteiger partial charge in [0.15, 0.2) is 5.78 Å². The van der Waals surface area contributed by atoms with Crippen molar-refractivity contribution in [2.75, 3.05) is 5.32 Å². The lowest BCUT2D eigenvalue weighted by Gasteiger charge is -2.06. The number of ketones is 1. The summed E-state index contributed by atoms with van der Waals surface area (Å²) in [6.07, 6.45) is 0.421. The van der Waals surface area contributed by atoms with Crippen molar-refractivity contribution in [3.8, 4) is 11.3 Å². The lowest BCUT2D eigenvalue weighted by molar-refractivity contribution is 0.0985. The molecule has 0 aliphatic rings. The summed E-state index contributed by atoms with van der Waals surface area (Å²) in [5, 5.41) is 9.78. The van der Waals surface area contributed by atoms with Crippen molar-refractivity contribution >= 4 is 33.3 Å². The van der Waals surface area contributed by atoms with Crippen molar-refractivity contribution in [1.82, 2.24) is 10.2 Å². The maximum absolute atomic E-state index is 12.5. The molecule has 1 heterocycles. The first-order valence-electron chi connectivity index (χ1n) is 7.84. The Kier molecular flexibility index (Phi) is 5.09. The molecule has 2 N–H and O–H groups in total. The number of carbonyl (C=O) groups is 2. The van der Waals surface area contributed by atoms with Crippen molar-refractivity contribution < 1.29 is 9.59 Å². The van der Waals surface area contributed by atoms with E-state index in [0.29, 0.717) is 33.5 Å². The summed E-state index contributed by atoms with van der Waals surface area (Å²) >= 11 is 3.44. The fraction of sp³-hybridized carbons (Fsp3) is 0.105. The summed E-state index contributed by atoms with van der Waals surface area (Å²) in [6, 6.07) is 16.5. The highest BCUT2D eigenvalue weighted by molar-refractivity contribution is 9.10. The Morgan fingerprint density at radius 2 is 1.88 bits per heavy atom. The third-order valence-corrected chi connectivity index (χ3v) is 4.52. The number of aromatic amines is 1. The van der Waals surface area contributed by atoms with E-state index in [-0.39, 0.29) is 11.7 Å². The summed E-state index contributed by atoms with van der Waals surface area (Å²) in [5.74, 6) is -0.298. The standard InChI is InChI=1S/C19H16BrN3O2/c1-2-15(24)13-9-6-10-14(11-13)21-19(25)18-16(20)17(22-23-18)12-7-4-3-5-8-12/h3-11H,2H2,1H3,(H,21,25)(H,22,23). The van der Waals surface area contributed by atoms with Gasteiger partial charge in [0.1, 0.15) is 11.4 Å². The number of benzene rings is 2. The minimum Gasteiger partial charge on any atom is -0.321 e. The van der Waals surface area contributed by atoms with Gasteiger partial charge in [-0.3, -0.25) is 14.7 Å². The zero-order valence-corrected chi connectivity index (χ0v) is 15.1. The van der Waals surface area contributed by atoms with E-state index in [1.807, 2.05) is 30.3 Å². The van der Waals surface area contributed by atoms with Crippen molar-refractivity contribution in [3.05, 3.63) is 70.3 Å². The van der Waals surface area contributed by atoms with Gasteiger partial charge in [0.05, 0.1) is 4.47 Å². The van der Waals surface area contributed by atoms with E-state index in [1.165, 1.54) is 0 Å². The number of rotatable bonds is 5. The lowest BCUT2D eigenvalue weighted by Crippen LogP contribution is -2.13. The molecule has 0 aliphatic carbocycles. The highest BCUT2D eigenvalue weighted by Crippen LogP contribution is 2.29. The summed E-state index contributed by atoms with van der Waals surface area (Å²) in [7, 11) is 0.